The number of methoxy groups -OCH3 is 1. The van der Waals surface area contributed by atoms with Gasteiger partial charge < -0.3 is 14.6 Å². The van der Waals surface area contributed by atoms with E-state index in [1.54, 1.807) is 30.0 Å². The maximum Gasteiger partial charge on any atom is 0.271 e. The first kappa shape index (κ1) is 18.4. The quantitative estimate of drug-likeness (QED) is 0.519. The van der Waals surface area contributed by atoms with Crippen molar-refractivity contribution in [2.75, 3.05) is 7.11 Å². The third-order valence-electron chi connectivity index (χ3n) is 4.35. The van der Waals surface area contributed by atoms with Crippen LogP contribution >= 0.6 is 22.7 Å². The van der Waals surface area contributed by atoms with Crippen molar-refractivity contribution in [1.29, 1.82) is 0 Å². The highest BCUT2D eigenvalue weighted by molar-refractivity contribution is 7.14. The lowest BCUT2D eigenvalue weighted by Crippen LogP contribution is -2.31. The molecule has 4 rings (SSSR count). The van der Waals surface area contributed by atoms with Crippen molar-refractivity contribution >= 4 is 28.6 Å². The first-order chi connectivity index (χ1) is 13.7. The van der Waals surface area contributed by atoms with Gasteiger partial charge in [-0.1, -0.05) is 12.1 Å². The number of nitrogens with zero attached hydrogens (tertiary/aromatic N) is 3. The van der Waals surface area contributed by atoms with E-state index in [0.717, 1.165) is 27.7 Å². The Balaban J connectivity index is 1.62. The summed E-state index contributed by atoms with van der Waals surface area (Å²) in [6.45, 7) is 0. The predicted octanol–water partition coefficient (Wildman–Crippen LogP) is 4.13. The molecule has 4 aromatic rings. The van der Waals surface area contributed by atoms with Crippen LogP contribution in [0.4, 0.5) is 0 Å². The Kier molecular flexibility index (Phi) is 5.23. The van der Waals surface area contributed by atoms with E-state index in [4.69, 9.17) is 4.74 Å². The van der Waals surface area contributed by atoms with Gasteiger partial charge in [0.25, 0.3) is 5.91 Å². The highest BCUT2D eigenvalue weighted by Gasteiger charge is 2.23. The number of nitrogens with one attached hydrogen (secondary N) is 1. The Hall–Kier alpha value is -2.97. The average molecular weight is 411 g/mol. The lowest BCUT2D eigenvalue weighted by atomic mass is 10.1. The third kappa shape index (κ3) is 3.69. The Morgan fingerprint density at radius 2 is 2.04 bits per heavy atom. The summed E-state index contributed by atoms with van der Waals surface area (Å²) in [5.41, 5.74) is 2.35. The Labute approximate surface area is 170 Å². The number of hydrogen-bond acceptors (Lipinski definition) is 6. The van der Waals surface area contributed by atoms with Crippen LogP contribution in [-0.2, 0) is 7.05 Å². The largest absolute Gasteiger partial charge is 0.497 e. The molecule has 0 spiro atoms. The summed E-state index contributed by atoms with van der Waals surface area (Å²) in [4.78, 5) is 21.8. The molecule has 3 heterocycles. The number of hydrogen-bond donors (Lipinski definition) is 1. The van der Waals surface area contributed by atoms with Gasteiger partial charge in [0.2, 0.25) is 0 Å². The fourth-order valence-electron chi connectivity index (χ4n) is 2.85. The van der Waals surface area contributed by atoms with Gasteiger partial charge in [0.1, 0.15) is 28.3 Å². The minimum Gasteiger partial charge on any atom is -0.497 e. The maximum atomic E-state index is 12.9. The topological polar surface area (TPSA) is 69.0 Å². The van der Waals surface area contributed by atoms with E-state index in [1.807, 2.05) is 58.9 Å². The first-order valence-electron chi connectivity index (χ1n) is 8.56. The second kappa shape index (κ2) is 7.95. The van der Waals surface area contributed by atoms with Crippen molar-refractivity contribution in [3.8, 4) is 16.3 Å². The summed E-state index contributed by atoms with van der Waals surface area (Å²) in [6.07, 6.45) is 3.57. The zero-order valence-corrected chi connectivity index (χ0v) is 17.0. The van der Waals surface area contributed by atoms with E-state index in [2.05, 4.69) is 15.3 Å². The highest BCUT2D eigenvalue weighted by atomic mass is 32.1. The van der Waals surface area contributed by atoms with Crippen molar-refractivity contribution < 1.29 is 9.53 Å². The van der Waals surface area contributed by atoms with Crippen LogP contribution < -0.4 is 10.1 Å². The van der Waals surface area contributed by atoms with Gasteiger partial charge in [-0.3, -0.25) is 4.79 Å². The number of thiazole rings is 1. The van der Waals surface area contributed by atoms with E-state index in [-0.39, 0.29) is 5.91 Å². The molecule has 0 saturated heterocycles. The number of aromatic nitrogens is 3. The summed E-state index contributed by atoms with van der Waals surface area (Å²) in [7, 11) is 3.53. The molecule has 0 aliphatic carbocycles. The normalized spacial score (nSPS) is 11.9. The van der Waals surface area contributed by atoms with Gasteiger partial charge in [-0.25, -0.2) is 9.97 Å². The summed E-state index contributed by atoms with van der Waals surface area (Å²) in [6, 6.07) is 9.19. The first-order valence-corrected chi connectivity index (χ1v) is 10.4. The fraction of sp³-hybridized carbons (Fsp3) is 0.150. The van der Waals surface area contributed by atoms with Crippen LogP contribution in [0, 0.1) is 0 Å². The summed E-state index contributed by atoms with van der Waals surface area (Å²) in [5, 5.41) is 9.71. The number of ether oxygens (including phenoxy) is 1. The number of amides is 1. The van der Waals surface area contributed by atoms with Gasteiger partial charge in [0.05, 0.1) is 7.11 Å². The number of benzene rings is 1. The fourth-order valence-corrected chi connectivity index (χ4v) is 4.36. The molecule has 1 unspecified atom stereocenters. The van der Waals surface area contributed by atoms with Crippen LogP contribution in [0.2, 0.25) is 0 Å². The summed E-state index contributed by atoms with van der Waals surface area (Å²) < 4.78 is 7.13. The van der Waals surface area contributed by atoms with Crippen LogP contribution in [0.15, 0.2) is 58.9 Å². The van der Waals surface area contributed by atoms with E-state index in [9.17, 15) is 4.79 Å². The molecule has 1 amide bonds. The summed E-state index contributed by atoms with van der Waals surface area (Å²) in [5.74, 6) is 1.27. The monoisotopic (exact) mass is 410 g/mol. The number of rotatable bonds is 6. The number of thiophene rings is 1. The minimum atomic E-state index is -0.398. The number of carbonyl (C=O) groups is 1. The van der Waals surface area contributed by atoms with Gasteiger partial charge in [-0.15, -0.1) is 11.3 Å². The smallest absolute Gasteiger partial charge is 0.271 e. The van der Waals surface area contributed by atoms with E-state index >= 15 is 0 Å². The van der Waals surface area contributed by atoms with Gasteiger partial charge in [-0.2, -0.15) is 11.3 Å². The molecule has 0 bridgehead atoms. The van der Waals surface area contributed by atoms with Crippen LogP contribution in [0.3, 0.4) is 0 Å². The molecule has 28 heavy (non-hydrogen) atoms. The SMILES string of the molecule is COc1ccc(C(NC(=O)c2csc(-c3ccsc3)n2)c2nccn2C)cc1. The molecular weight excluding hydrogens is 392 g/mol. The lowest BCUT2D eigenvalue weighted by Gasteiger charge is -2.19. The molecule has 142 valence electrons. The molecule has 3 aromatic heterocycles. The van der Waals surface area contributed by atoms with Crippen molar-refractivity contribution in [3.05, 3.63) is 75.9 Å². The van der Waals surface area contributed by atoms with Crippen LogP contribution in [0.5, 0.6) is 5.75 Å². The molecule has 8 heteroatoms. The van der Waals surface area contributed by atoms with Crippen LogP contribution in [0.1, 0.15) is 27.9 Å². The van der Waals surface area contributed by atoms with E-state index in [1.165, 1.54) is 11.3 Å². The van der Waals surface area contributed by atoms with Crippen LogP contribution in [0.25, 0.3) is 10.6 Å². The lowest BCUT2D eigenvalue weighted by molar-refractivity contribution is 0.0937. The standard InChI is InChI=1S/C20H18N4O2S2/c1-24-9-8-21-18(24)17(13-3-5-15(26-2)6-4-13)23-19(25)16-12-28-20(22-16)14-7-10-27-11-14/h3-12,17H,1-2H3,(H,23,25). The van der Waals surface area contributed by atoms with Crippen LogP contribution in [-0.4, -0.2) is 27.6 Å². The van der Waals surface area contributed by atoms with E-state index in [0.29, 0.717) is 5.69 Å². The maximum absolute atomic E-state index is 12.9. The predicted molar refractivity (Wildman–Crippen MR) is 111 cm³/mol. The summed E-state index contributed by atoms with van der Waals surface area (Å²) >= 11 is 3.07. The number of imidazole rings is 1. The second-order valence-electron chi connectivity index (χ2n) is 6.13. The average Bonchev–Trinajstić information content (AvgIpc) is 3.47. The van der Waals surface area contributed by atoms with Gasteiger partial charge in [0.15, 0.2) is 0 Å². The molecular formula is C20H18N4O2S2. The molecule has 0 radical (unpaired) electrons. The second-order valence-corrected chi connectivity index (χ2v) is 7.76. The molecule has 1 atom stereocenters. The van der Waals surface area contributed by atoms with E-state index < -0.39 is 6.04 Å². The molecule has 0 saturated carbocycles. The molecule has 0 aliphatic rings. The molecule has 6 nitrogen and oxygen atoms in total. The van der Waals surface area contributed by atoms with Crippen molar-refractivity contribution in [3.63, 3.8) is 0 Å². The third-order valence-corrected chi connectivity index (χ3v) is 5.92. The highest BCUT2D eigenvalue weighted by Crippen LogP contribution is 2.27. The number of carbonyl (C=O) groups excluding carboxylic acids is 1. The molecule has 0 fully saturated rings. The minimum absolute atomic E-state index is 0.235. The van der Waals surface area contributed by atoms with Crippen molar-refractivity contribution in [2.45, 2.75) is 6.04 Å². The Morgan fingerprint density at radius 3 is 2.68 bits per heavy atom. The zero-order valence-electron chi connectivity index (χ0n) is 15.3. The van der Waals surface area contributed by atoms with Crippen molar-refractivity contribution in [1.82, 2.24) is 19.9 Å². The number of aryl methyl sites for hydroxylation is 1. The molecule has 1 N–H and O–H groups in total. The molecule has 1 aromatic carbocycles. The Morgan fingerprint density at radius 1 is 1.21 bits per heavy atom. The molecule has 0 aliphatic heterocycles. The zero-order chi connectivity index (χ0) is 19.5. The van der Waals surface area contributed by atoms with Gasteiger partial charge in [0, 0.05) is 35.8 Å². The van der Waals surface area contributed by atoms with Gasteiger partial charge >= 0.3 is 0 Å². The Bertz CT molecular complexity index is 1070. The van der Waals surface area contributed by atoms with Gasteiger partial charge in [-0.05, 0) is 29.1 Å². The van der Waals surface area contributed by atoms with Crippen molar-refractivity contribution in [2.24, 2.45) is 7.05 Å².